The van der Waals surface area contributed by atoms with Crippen LogP contribution in [0.25, 0.3) is 11.3 Å². The molecule has 25 heavy (non-hydrogen) atoms. The molecular formula is C19H16FN3O2. The first-order valence-corrected chi connectivity index (χ1v) is 7.94. The van der Waals surface area contributed by atoms with E-state index in [1.54, 1.807) is 16.8 Å². The van der Waals surface area contributed by atoms with Crippen molar-refractivity contribution in [2.45, 2.75) is 13.2 Å². The zero-order chi connectivity index (χ0) is 17.4. The van der Waals surface area contributed by atoms with E-state index in [0.717, 1.165) is 28.1 Å². The Morgan fingerprint density at radius 2 is 2.00 bits per heavy atom. The molecule has 3 aromatic rings. The van der Waals surface area contributed by atoms with Gasteiger partial charge in [-0.1, -0.05) is 24.3 Å². The molecular weight excluding hydrogens is 321 g/mol. The lowest BCUT2D eigenvalue weighted by molar-refractivity contribution is 0.0942. The molecule has 0 saturated heterocycles. The van der Waals surface area contributed by atoms with Gasteiger partial charge in [-0.25, -0.2) is 4.39 Å². The summed E-state index contributed by atoms with van der Waals surface area (Å²) in [7, 11) is 1.82. The highest BCUT2D eigenvalue weighted by Gasteiger charge is 2.27. The highest BCUT2D eigenvalue weighted by molar-refractivity contribution is 5.96. The van der Waals surface area contributed by atoms with Gasteiger partial charge in [0, 0.05) is 24.7 Å². The normalized spacial score (nSPS) is 12.1. The molecule has 1 aromatic heterocycles. The predicted molar refractivity (Wildman–Crippen MR) is 90.5 cm³/mol. The first-order chi connectivity index (χ1) is 12.1. The summed E-state index contributed by atoms with van der Waals surface area (Å²) in [5, 5.41) is 7.21. The molecule has 1 amide bonds. The first-order valence-electron chi connectivity index (χ1n) is 7.94. The number of para-hydroxylation sites is 1. The van der Waals surface area contributed by atoms with Crippen molar-refractivity contribution >= 4 is 5.91 Å². The maximum absolute atomic E-state index is 12.9. The molecule has 126 valence electrons. The maximum Gasteiger partial charge on any atom is 0.272 e. The number of nitrogens with one attached hydrogen (secondary N) is 1. The lowest BCUT2D eigenvalue weighted by atomic mass is 10.0. The molecule has 2 heterocycles. The number of carbonyl (C=O) groups is 1. The molecule has 0 spiro atoms. The molecule has 0 radical (unpaired) electrons. The van der Waals surface area contributed by atoms with Gasteiger partial charge in [0.1, 0.15) is 18.2 Å². The number of rotatable bonds is 3. The van der Waals surface area contributed by atoms with Gasteiger partial charge in [-0.2, -0.15) is 5.10 Å². The quantitative estimate of drug-likeness (QED) is 0.799. The smallest absolute Gasteiger partial charge is 0.272 e. The van der Waals surface area contributed by atoms with Gasteiger partial charge in [0.05, 0.1) is 5.69 Å². The zero-order valence-electron chi connectivity index (χ0n) is 13.6. The Bertz CT molecular complexity index is 948. The van der Waals surface area contributed by atoms with E-state index in [9.17, 15) is 9.18 Å². The fraction of sp³-hybridized carbons (Fsp3) is 0.158. The average molecular weight is 337 g/mol. The van der Waals surface area contributed by atoms with E-state index in [2.05, 4.69) is 10.4 Å². The molecule has 1 N–H and O–H groups in total. The predicted octanol–water partition coefficient (Wildman–Crippen LogP) is 3.05. The molecule has 2 aromatic carbocycles. The van der Waals surface area contributed by atoms with Crippen LogP contribution in [0.5, 0.6) is 5.75 Å². The Hall–Kier alpha value is -3.15. The fourth-order valence-corrected chi connectivity index (χ4v) is 3.03. The molecule has 0 bridgehead atoms. The number of aromatic nitrogens is 2. The van der Waals surface area contributed by atoms with Crippen molar-refractivity contribution < 1.29 is 13.9 Å². The number of ether oxygens (including phenoxy) is 1. The van der Waals surface area contributed by atoms with Gasteiger partial charge in [-0.15, -0.1) is 0 Å². The van der Waals surface area contributed by atoms with Crippen LogP contribution in [0, 0.1) is 5.82 Å². The lowest BCUT2D eigenvalue weighted by Crippen LogP contribution is -2.25. The summed E-state index contributed by atoms with van der Waals surface area (Å²) >= 11 is 0. The summed E-state index contributed by atoms with van der Waals surface area (Å²) < 4.78 is 20.4. The van der Waals surface area contributed by atoms with Crippen LogP contribution in [0.15, 0.2) is 48.5 Å². The summed E-state index contributed by atoms with van der Waals surface area (Å²) in [6.07, 6.45) is 0. The number of halogens is 1. The van der Waals surface area contributed by atoms with Gasteiger partial charge < -0.3 is 10.1 Å². The van der Waals surface area contributed by atoms with Crippen molar-refractivity contribution in [3.63, 3.8) is 0 Å². The van der Waals surface area contributed by atoms with Crippen LogP contribution in [0.2, 0.25) is 0 Å². The highest BCUT2D eigenvalue weighted by atomic mass is 19.1. The molecule has 4 rings (SSSR count). The molecule has 0 aliphatic carbocycles. The summed E-state index contributed by atoms with van der Waals surface area (Å²) in [5.74, 6) is 0.213. The van der Waals surface area contributed by atoms with Crippen molar-refractivity contribution in [3.8, 4) is 17.0 Å². The largest absolute Gasteiger partial charge is 0.488 e. The standard InChI is InChI=1S/C19H16FN3O2/c1-23-18-14-4-2-3-5-16(14)25-11-15(18)17(22-23)19(24)21-10-12-6-8-13(20)9-7-12/h2-9H,10-11H2,1H3,(H,21,24). The van der Waals surface area contributed by atoms with Crippen LogP contribution >= 0.6 is 0 Å². The van der Waals surface area contributed by atoms with E-state index in [4.69, 9.17) is 4.74 Å². The number of benzene rings is 2. The van der Waals surface area contributed by atoms with Gasteiger partial charge in [-0.05, 0) is 29.8 Å². The number of nitrogens with zero attached hydrogens (tertiary/aromatic N) is 2. The second-order valence-electron chi connectivity index (χ2n) is 5.89. The van der Waals surface area contributed by atoms with Gasteiger partial charge >= 0.3 is 0 Å². The van der Waals surface area contributed by atoms with Crippen LogP contribution in [-0.4, -0.2) is 15.7 Å². The molecule has 0 saturated carbocycles. The number of hydrogen-bond donors (Lipinski definition) is 1. The van der Waals surface area contributed by atoms with Crippen LogP contribution in [0.4, 0.5) is 4.39 Å². The Morgan fingerprint density at radius 1 is 1.24 bits per heavy atom. The monoisotopic (exact) mass is 337 g/mol. The average Bonchev–Trinajstić information content (AvgIpc) is 2.98. The third-order valence-electron chi connectivity index (χ3n) is 4.24. The van der Waals surface area contributed by atoms with Gasteiger partial charge in [0.2, 0.25) is 0 Å². The number of amides is 1. The van der Waals surface area contributed by atoms with E-state index < -0.39 is 0 Å². The highest BCUT2D eigenvalue weighted by Crippen LogP contribution is 2.38. The lowest BCUT2D eigenvalue weighted by Gasteiger charge is -2.18. The van der Waals surface area contributed by atoms with E-state index in [1.807, 2.05) is 31.3 Å². The third-order valence-corrected chi connectivity index (χ3v) is 4.24. The number of hydrogen-bond acceptors (Lipinski definition) is 3. The minimum absolute atomic E-state index is 0.274. The van der Waals surface area contributed by atoms with Gasteiger partial charge in [-0.3, -0.25) is 9.48 Å². The van der Waals surface area contributed by atoms with E-state index >= 15 is 0 Å². The molecule has 0 atom stereocenters. The van der Waals surface area contributed by atoms with Crippen molar-refractivity contribution in [1.29, 1.82) is 0 Å². The fourth-order valence-electron chi connectivity index (χ4n) is 3.03. The number of carbonyl (C=O) groups excluding carboxylic acids is 1. The molecule has 6 heteroatoms. The minimum atomic E-state index is -0.301. The van der Waals surface area contributed by atoms with Crippen molar-refractivity contribution in [3.05, 3.63) is 71.2 Å². The SMILES string of the molecule is Cn1nc(C(=O)NCc2ccc(F)cc2)c2c1-c1ccccc1OC2. The Kier molecular flexibility index (Phi) is 3.72. The second kappa shape index (κ2) is 6.05. The molecule has 0 fully saturated rings. The van der Waals surface area contributed by atoms with Crippen LogP contribution in [-0.2, 0) is 20.2 Å². The van der Waals surface area contributed by atoms with E-state index in [-0.39, 0.29) is 11.7 Å². The molecule has 1 aliphatic heterocycles. The molecule has 0 unspecified atom stereocenters. The topological polar surface area (TPSA) is 56.2 Å². The van der Waals surface area contributed by atoms with Crippen LogP contribution in [0.3, 0.4) is 0 Å². The summed E-state index contributed by atoms with van der Waals surface area (Å²) in [4.78, 5) is 12.6. The maximum atomic E-state index is 12.9. The van der Waals surface area contributed by atoms with E-state index in [0.29, 0.717) is 18.8 Å². The van der Waals surface area contributed by atoms with Gasteiger partial charge in [0.25, 0.3) is 5.91 Å². The van der Waals surface area contributed by atoms with Gasteiger partial charge in [0.15, 0.2) is 5.69 Å². The molecule has 5 nitrogen and oxygen atoms in total. The Balaban J connectivity index is 1.60. The Labute approximate surface area is 144 Å². The zero-order valence-corrected chi connectivity index (χ0v) is 13.6. The Morgan fingerprint density at radius 3 is 2.80 bits per heavy atom. The number of aryl methyl sites for hydroxylation is 1. The minimum Gasteiger partial charge on any atom is -0.488 e. The third kappa shape index (κ3) is 2.76. The van der Waals surface area contributed by atoms with Crippen molar-refractivity contribution in [2.24, 2.45) is 7.05 Å². The summed E-state index contributed by atoms with van der Waals surface area (Å²) in [6.45, 7) is 0.612. The first kappa shape index (κ1) is 15.4. The summed E-state index contributed by atoms with van der Waals surface area (Å²) in [6, 6.07) is 13.7. The summed E-state index contributed by atoms with van der Waals surface area (Å²) in [5.41, 5.74) is 3.78. The van der Waals surface area contributed by atoms with Crippen LogP contribution < -0.4 is 10.1 Å². The van der Waals surface area contributed by atoms with Crippen molar-refractivity contribution in [1.82, 2.24) is 15.1 Å². The number of fused-ring (bicyclic) bond motifs is 3. The molecule has 1 aliphatic rings. The van der Waals surface area contributed by atoms with Crippen LogP contribution in [0.1, 0.15) is 21.6 Å². The van der Waals surface area contributed by atoms with E-state index in [1.165, 1.54) is 12.1 Å². The van der Waals surface area contributed by atoms with Crippen molar-refractivity contribution in [2.75, 3.05) is 0 Å². The second-order valence-corrected chi connectivity index (χ2v) is 5.89.